The molecular weight excluding hydrogens is 380 g/mol. The van der Waals surface area contributed by atoms with E-state index in [1.165, 1.54) is 5.56 Å². The Morgan fingerprint density at radius 2 is 1.67 bits per heavy atom. The summed E-state index contributed by atoms with van der Waals surface area (Å²) >= 11 is 0. The number of carbonyl (C=O) groups excluding carboxylic acids is 1. The summed E-state index contributed by atoms with van der Waals surface area (Å²) in [5, 5.41) is 3.97. The summed E-state index contributed by atoms with van der Waals surface area (Å²) in [7, 11) is 0. The average molecular weight is 402 g/mol. The molecule has 152 valence electrons. The molecule has 4 aromatic rings. The first-order valence-corrected chi connectivity index (χ1v) is 9.76. The molecule has 7 heteroatoms. The second kappa shape index (κ2) is 8.02. The van der Waals surface area contributed by atoms with E-state index in [2.05, 4.69) is 34.0 Å². The van der Waals surface area contributed by atoms with Gasteiger partial charge in [0, 0.05) is 5.56 Å². The fourth-order valence-electron chi connectivity index (χ4n) is 3.02. The zero-order valence-electron chi connectivity index (χ0n) is 17.3. The molecule has 0 atom stereocenters. The number of esters is 1. The molecule has 2 aromatic carbocycles. The molecule has 0 fully saturated rings. The molecule has 7 nitrogen and oxygen atoms in total. The van der Waals surface area contributed by atoms with E-state index in [0.717, 1.165) is 22.5 Å². The first-order chi connectivity index (χ1) is 14.4. The number of aryl methyl sites for hydroxylation is 2. The Hall–Kier alpha value is -3.61. The standard InChI is InChI=1S/C23H22N4O3/c1-13(2)16-5-7-17(8-6-16)22-26-21(30-27-22)12-29-23(28)18-9-10-19-20(11-18)25-15(4)14(3)24-19/h5-11,13H,12H2,1-4H3. The monoisotopic (exact) mass is 402 g/mol. The molecule has 0 bridgehead atoms. The number of hydrogen-bond donors (Lipinski definition) is 0. The van der Waals surface area contributed by atoms with Gasteiger partial charge in [0.1, 0.15) is 0 Å². The van der Waals surface area contributed by atoms with Crippen molar-refractivity contribution in [3.63, 3.8) is 0 Å². The van der Waals surface area contributed by atoms with E-state index in [-0.39, 0.29) is 12.5 Å². The van der Waals surface area contributed by atoms with Crippen molar-refractivity contribution < 1.29 is 14.1 Å². The van der Waals surface area contributed by atoms with Crippen molar-refractivity contribution >= 4 is 17.0 Å². The highest BCUT2D eigenvalue weighted by Crippen LogP contribution is 2.21. The minimum atomic E-state index is -0.488. The summed E-state index contributed by atoms with van der Waals surface area (Å²) in [6.45, 7) is 7.96. The van der Waals surface area contributed by atoms with E-state index < -0.39 is 5.97 Å². The van der Waals surface area contributed by atoms with Gasteiger partial charge in [-0.3, -0.25) is 0 Å². The molecule has 0 N–H and O–H groups in total. The molecule has 0 aliphatic heterocycles. The third kappa shape index (κ3) is 4.05. The first-order valence-electron chi connectivity index (χ1n) is 9.76. The number of carbonyl (C=O) groups is 1. The van der Waals surface area contributed by atoms with Crippen LogP contribution >= 0.6 is 0 Å². The summed E-state index contributed by atoms with van der Waals surface area (Å²) in [4.78, 5) is 25.7. The van der Waals surface area contributed by atoms with Crippen molar-refractivity contribution in [2.75, 3.05) is 0 Å². The predicted octanol–water partition coefficient (Wildman–Crippen LogP) is 4.78. The maximum absolute atomic E-state index is 12.4. The number of nitrogens with zero attached hydrogens (tertiary/aromatic N) is 4. The van der Waals surface area contributed by atoms with Gasteiger partial charge in [-0.15, -0.1) is 0 Å². The Labute approximate surface area is 174 Å². The highest BCUT2D eigenvalue weighted by molar-refractivity contribution is 5.93. The lowest BCUT2D eigenvalue weighted by Gasteiger charge is -2.05. The SMILES string of the molecule is Cc1nc2ccc(C(=O)OCc3nc(-c4ccc(C(C)C)cc4)no3)cc2nc1C. The van der Waals surface area contributed by atoms with Crippen LogP contribution in [0.25, 0.3) is 22.4 Å². The lowest BCUT2D eigenvalue weighted by molar-refractivity contribution is 0.0430. The first kappa shape index (κ1) is 19.7. The molecule has 0 saturated heterocycles. The van der Waals surface area contributed by atoms with Crippen molar-refractivity contribution in [1.29, 1.82) is 0 Å². The summed E-state index contributed by atoms with van der Waals surface area (Å²) in [5.41, 5.74) is 5.55. The van der Waals surface area contributed by atoms with Crippen molar-refractivity contribution in [3.05, 3.63) is 70.9 Å². The summed E-state index contributed by atoms with van der Waals surface area (Å²) in [6.07, 6.45) is 0. The molecule has 0 aliphatic rings. The molecule has 0 aliphatic carbocycles. The van der Waals surface area contributed by atoms with Crippen LogP contribution in [-0.4, -0.2) is 26.1 Å². The van der Waals surface area contributed by atoms with Crippen LogP contribution < -0.4 is 0 Å². The molecule has 30 heavy (non-hydrogen) atoms. The van der Waals surface area contributed by atoms with Gasteiger partial charge in [-0.2, -0.15) is 4.98 Å². The van der Waals surface area contributed by atoms with E-state index >= 15 is 0 Å². The molecule has 0 unspecified atom stereocenters. The second-order valence-electron chi connectivity index (χ2n) is 7.46. The summed E-state index contributed by atoms with van der Waals surface area (Å²) in [5.74, 6) is 0.660. The smallest absolute Gasteiger partial charge is 0.338 e. The third-order valence-electron chi connectivity index (χ3n) is 4.94. The molecule has 0 radical (unpaired) electrons. The minimum Gasteiger partial charge on any atom is -0.452 e. The molecule has 2 aromatic heterocycles. The zero-order valence-corrected chi connectivity index (χ0v) is 17.3. The number of rotatable bonds is 5. The van der Waals surface area contributed by atoms with Gasteiger partial charge in [0.25, 0.3) is 5.89 Å². The van der Waals surface area contributed by atoms with E-state index in [4.69, 9.17) is 9.26 Å². The van der Waals surface area contributed by atoms with Gasteiger partial charge in [0.2, 0.25) is 5.82 Å². The van der Waals surface area contributed by atoms with E-state index in [1.54, 1.807) is 18.2 Å². The fourth-order valence-corrected chi connectivity index (χ4v) is 3.02. The van der Waals surface area contributed by atoms with Crippen LogP contribution in [-0.2, 0) is 11.3 Å². The van der Waals surface area contributed by atoms with Gasteiger partial charge in [-0.1, -0.05) is 43.3 Å². The van der Waals surface area contributed by atoms with E-state index in [9.17, 15) is 4.79 Å². The van der Waals surface area contributed by atoms with Gasteiger partial charge in [-0.25, -0.2) is 14.8 Å². The van der Waals surface area contributed by atoms with Crippen LogP contribution in [0.2, 0.25) is 0 Å². The molecule has 4 rings (SSSR count). The number of aromatic nitrogens is 4. The van der Waals surface area contributed by atoms with Crippen LogP contribution in [0.5, 0.6) is 0 Å². The quantitative estimate of drug-likeness (QED) is 0.444. The van der Waals surface area contributed by atoms with Crippen molar-refractivity contribution in [2.45, 2.75) is 40.2 Å². The van der Waals surface area contributed by atoms with Crippen LogP contribution in [0.1, 0.15) is 53.0 Å². The van der Waals surface area contributed by atoms with Gasteiger partial charge in [-0.05, 0) is 43.5 Å². The zero-order chi connectivity index (χ0) is 21.3. The molecular formula is C23H22N4O3. The summed E-state index contributed by atoms with van der Waals surface area (Å²) in [6, 6.07) is 13.1. The van der Waals surface area contributed by atoms with Gasteiger partial charge >= 0.3 is 5.97 Å². The normalized spacial score (nSPS) is 11.2. The highest BCUT2D eigenvalue weighted by atomic mass is 16.6. The summed E-state index contributed by atoms with van der Waals surface area (Å²) < 4.78 is 10.6. The van der Waals surface area contributed by atoms with Crippen molar-refractivity contribution in [1.82, 2.24) is 20.1 Å². The lowest BCUT2D eigenvalue weighted by Crippen LogP contribution is -2.06. The van der Waals surface area contributed by atoms with E-state index in [0.29, 0.717) is 22.8 Å². The van der Waals surface area contributed by atoms with Gasteiger partial charge in [0.05, 0.1) is 28.0 Å². The van der Waals surface area contributed by atoms with Crippen LogP contribution in [0, 0.1) is 13.8 Å². The molecule has 0 saturated carbocycles. The van der Waals surface area contributed by atoms with Crippen LogP contribution in [0.4, 0.5) is 0 Å². The lowest BCUT2D eigenvalue weighted by atomic mass is 10.0. The Morgan fingerprint density at radius 1 is 0.967 bits per heavy atom. The van der Waals surface area contributed by atoms with Gasteiger partial charge < -0.3 is 9.26 Å². The Bertz CT molecular complexity index is 1210. The maximum atomic E-state index is 12.4. The Balaban J connectivity index is 1.44. The number of benzene rings is 2. The van der Waals surface area contributed by atoms with Gasteiger partial charge in [0.15, 0.2) is 6.61 Å². The van der Waals surface area contributed by atoms with Crippen molar-refractivity contribution in [2.24, 2.45) is 0 Å². The van der Waals surface area contributed by atoms with Crippen molar-refractivity contribution in [3.8, 4) is 11.4 Å². The number of ether oxygens (including phenoxy) is 1. The predicted molar refractivity (Wildman–Crippen MR) is 112 cm³/mol. The molecule has 2 heterocycles. The molecule has 0 amide bonds. The maximum Gasteiger partial charge on any atom is 0.338 e. The van der Waals surface area contributed by atoms with Crippen LogP contribution in [0.3, 0.4) is 0 Å². The molecule has 0 spiro atoms. The fraction of sp³-hybridized carbons (Fsp3) is 0.261. The van der Waals surface area contributed by atoms with E-state index in [1.807, 2.05) is 38.1 Å². The largest absolute Gasteiger partial charge is 0.452 e. The second-order valence-corrected chi connectivity index (χ2v) is 7.46. The topological polar surface area (TPSA) is 91.0 Å². The number of hydrogen-bond acceptors (Lipinski definition) is 7. The average Bonchev–Trinajstić information content (AvgIpc) is 3.21. The van der Waals surface area contributed by atoms with Crippen LogP contribution in [0.15, 0.2) is 47.0 Å². The minimum absolute atomic E-state index is 0.105. The number of fused-ring (bicyclic) bond motifs is 1. The third-order valence-corrected chi connectivity index (χ3v) is 4.94. The Morgan fingerprint density at radius 3 is 2.37 bits per heavy atom. The Kier molecular flexibility index (Phi) is 5.27. The highest BCUT2D eigenvalue weighted by Gasteiger charge is 2.14.